The summed E-state index contributed by atoms with van der Waals surface area (Å²) in [7, 11) is 0. The Kier molecular flexibility index (Phi) is 3.30. The minimum atomic E-state index is 0.603. The molecule has 1 unspecified atom stereocenters. The van der Waals surface area contributed by atoms with Gasteiger partial charge < -0.3 is 5.73 Å². The Hall–Kier alpha value is -1.02. The van der Waals surface area contributed by atoms with Crippen LogP contribution in [0.15, 0.2) is 18.2 Å². The van der Waals surface area contributed by atoms with Crippen molar-refractivity contribution in [2.75, 3.05) is 18.8 Å². The zero-order chi connectivity index (χ0) is 13.5. The molecule has 0 aromatic heterocycles. The molecule has 1 aliphatic carbocycles. The maximum atomic E-state index is 5.92. The minimum absolute atomic E-state index is 0.603. The Labute approximate surface area is 117 Å². The maximum Gasteiger partial charge on any atom is 0.0351 e. The lowest BCUT2D eigenvalue weighted by Crippen LogP contribution is -2.57. The number of fused-ring (bicyclic) bond motifs is 1. The number of aryl methyl sites for hydroxylation is 1. The lowest BCUT2D eigenvalue weighted by Gasteiger charge is -2.54. The number of hydrogen-bond acceptors (Lipinski definition) is 2. The molecule has 1 atom stereocenters. The number of rotatable bonds is 3. The van der Waals surface area contributed by atoms with Gasteiger partial charge in [-0.3, -0.25) is 4.90 Å². The van der Waals surface area contributed by atoms with Gasteiger partial charge in [-0.15, -0.1) is 0 Å². The number of nitrogens with zero attached hydrogens (tertiary/aromatic N) is 1. The van der Waals surface area contributed by atoms with Crippen LogP contribution in [0.2, 0.25) is 0 Å². The lowest BCUT2D eigenvalue weighted by atomic mass is 9.72. The van der Waals surface area contributed by atoms with Gasteiger partial charge in [0, 0.05) is 24.8 Å². The van der Waals surface area contributed by atoms with Crippen molar-refractivity contribution in [1.82, 2.24) is 4.90 Å². The van der Waals surface area contributed by atoms with Crippen molar-refractivity contribution < 1.29 is 0 Å². The molecule has 19 heavy (non-hydrogen) atoms. The molecule has 0 saturated carbocycles. The van der Waals surface area contributed by atoms with E-state index in [4.69, 9.17) is 5.73 Å². The van der Waals surface area contributed by atoms with E-state index in [1.165, 1.54) is 50.8 Å². The summed E-state index contributed by atoms with van der Waals surface area (Å²) in [6.45, 7) is 7.26. The van der Waals surface area contributed by atoms with Crippen molar-refractivity contribution >= 4 is 5.69 Å². The SMILES string of the molecule is CCC1(CC)CN(C2CCCc3cc(N)ccc32)C1. The molecule has 2 heteroatoms. The first-order chi connectivity index (χ1) is 9.17. The zero-order valence-corrected chi connectivity index (χ0v) is 12.3. The predicted molar refractivity (Wildman–Crippen MR) is 81.1 cm³/mol. The Morgan fingerprint density at radius 3 is 2.68 bits per heavy atom. The van der Waals surface area contributed by atoms with Gasteiger partial charge in [0.25, 0.3) is 0 Å². The fraction of sp³-hybridized carbons (Fsp3) is 0.647. The number of nitrogens with two attached hydrogens (primary N) is 1. The third-order valence-corrected chi connectivity index (χ3v) is 5.47. The van der Waals surface area contributed by atoms with Gasteiger partial charge in [-0.2, -0.15) is 0 Å². The van der Waals surface area contributed by atoms with Crippen LogP contribution in [0, 0.1) is 5.41 Å². The second-order valence-electron chi connectivity index (χ2n) is 6.48. The van der Waals surface area contributed by atoms with Crippen molar-refractivity contribution in [2.45, 2.75) is 52.0 Å². The van der Waals surface area contributed by atoms with Crippen molar-refractivity contribution in [3.05, 3.63) is 29.3 Å². The van der Waals surface area contributed by atoms with Crippen LogP contribution in [-0.4, -0.2) is 18.0 Å². The van der Waals surface area contributed by atoms with E-state index in [0.717, 1.165) is 5.69 Å². The molecule has 2 N–H and O–H groups in total. The first-order valence-electron chi connectivity index (χ1n) is 7.80. The largest absolute Gasteiger partial charge is 0.399 e. The summed E-state index contributed by atoms with van der Waals surface area (Å²) in [5.74, 6) is 0. The van der Waals surface area contributed by atoms with Crippen LogP contribution >= 0.6 is 0 Å². The summed E-state index contributed by atoms with van der Waals surface area (Å²) >= 11 is 0. The summed E-state index contributed by atoms with van der Waals surface area (Å²) in [5, 5.41) is 0. The Bertz CT molecular complexity index is 454. The van der Waals surface area contributed by atoms with E-state index in [0.29, 0.717) is 11.5 Å². The first-order valence-corrected chi connectivity index (χ1v) is 7.80. The van der Waals surface area contributed by atoms with E-state index in [-0.39, 0.29) is 0 Å². The van der Waals surface area contributed by atoms with Crippen molar-refractivity contribution in [3.8, 4) is 0 Å². The highest BCUT2D eigenvalue weighted by Gasteiger charge is 2.43. The predicted octanol–water partition coefficient (Wildman–Crippen LogP) is 3.77. The first kappa shape index (κ1) is 13.0. The third-order valence-electron chi connectivity index (χ3n) is 5.47. The smallest absolute Gasteiger partial charge is 0.0351 e. The fourth-order valence-corrected chi connectivity index (χ4v) is 3.92. The number of anilines is 1. The van der Waals surface area contributed by atoms with Gasteiger partial charge in [-0.05, 0) is 60.8 Å². The Morgan fingerprint density at radius 1 is 1.26 bits per heavy atom. The Balaban J connectivity index is 1.79. The summed E-state index contributed by atoms with van der Waals surface area (Å²) in [4.78, 5) is 2.70. The lowest BCUT2D eigenvalue weighted by molar-refractivity contribution is -0.0424. The molecule has 1 aliphatic heterocycles. The number of hydrogen-bond donors (Lipinski definition) is 1. The molecule has 1 fully saturated rings. The summed E-state index contributed by atoms with van der Waals surface area (Å²) in [6, 6.07) is 7.18. The Morgan fingerprint density at radius 2 is 2.00 bits per heavy atom. The van der Waals surface area contributed by atoms with Crippen molar-refractivity contribution in [2.24, 2.45) is 5.41 Å². The maximum absolute atomic E-state index is 5.92. The van der Waals surface area contributed by atoms with E-state index in [2.05, 4.69) is 36.9 Å². The highest BCUT2D eigenvalue weighted by atomic mass is 15.2. The monoisotopic (exact) mass is 258 g/mol. The van der Waals surface area contributed by atoms with Crippen molar-refractivity contribution in [3.63, 3.8) is 0 Å². The van der Waals surface area contributed by atoms with E-state index >= 15 is 0 Å². The molecule has 0 radical (unpaired) electrons. The molecule has 104 valence electrons. The molecular weight excluding hydrogens is 232 g/mol. The van der Waals surface area contributed by atoms with E-state index < -0.39 is 0 Å². The van der Waals surface area contributed by atoms with E-state index in [9.17, 15) is 0 Å². The molecule has 0 bridgehead atoms. The highest BCUT2D eigenvalue weighted by molar-refractivity contribution is 5.46. The van der Waals surface area contributed by atoms with Gasteiger partial charge in [-0.1, -0.05) is 19.9 Å². The van der Waals surface area contributed by atoms with Crippen LogP contribution in [0.25, 0.3) is 0 Å². The van der Waals surface area contributed by atoms with E-state index in [1.54, 1.807) is 5.56 Å². The second-order valence-corrected chi connectivity index (χ2v) is 6.48. The second kappa shape index (κ2) is 4.82. The molecule has 1 heterocycles. The standard InChI is InChI=1S/C17H26N2/c1-3-17(4-2)11-19(12-17)16-7-5-6-13-10-14(18)8-9-15(13)16/h8-10,16H,3-7,11-12,18H2,1-2H3. The average molecular weight is 258 g/mol. The average Bonchev–Trinajstić information content (AvgIpc) is 2.38. The van der Waals surface area contributed by atoms with Crippen LogP contribution in [0.1, 0.15) is 56.7 Å². The molecular formula is C17H26N2. The van der Waals surface area contributed by atoms with Gasteiger partial charge >= 0.3 is 0 Å². The number of benzene rings is 1. The van der Waals surface area contributed by atoms with Crippen LogP contribution in [0.4, 0.5) is 5.69 Å². The van der Waals surface area contributed by atoms with Gasteiger partial charge in [-0.25, -0.2) is 0 Å². The molecule has 3 rings (SSSR count). The molecule has 0 spiro atoms. The zero-order valence-electron chi connectivity index (χ0n) is 12.3. The van der Waals surface area contributed by atoms with Crippen LogP contribution in [0.3, 0.4) is 0 Å². The quantitative estimate of drug-likeness (QED) is 0.836. The summed E-state index contributed by atoms with van der Waals surface area (Å²) in [6.07, 6.45) is 6.48. The van der Waals surface area contributed by atoms with Gasteiger partial charge in [0.05, 0.1) is 0 Å². The van der Waals surface area contributed by atoms with Crippen LogP contribution in [0.5, 0.6) is 0 Å². The summed E-state index contributed by atoms with van der Waals surface area (Å²) in [5.41, 5.74) is 10.5. The molecule has 1 aromatic carbocycles. The van der Waals surface area contributed by atoms with Crippen LogP contribution < -0.4 is 5.73 Å². The van der Waals surface area contributed by atoms with Crippen molar-refractivity contribution in [1.29, 1.82) is 0 Å². The van der Waals surface area contributed by atoms with Gasteiger partial charge in [0.2, 0.25) is 0 Å². The molecule has 1 aromatic rings. The van der Waals surface area contributed by atoms with Crippen LogP contribution in [-0.2, 0) is 6.42 Å². The third kappa shape index (κ3) is 2.16. The topological polar surface area (TPSA) is 29.3 Å². The number of nitrogen functional groups attached to an aromatic ring is 1. The van der Waals surface area contributed by atoms with Gasteiger partial charge in [0.15, 0.2) is 0 Å². The molecule has 2 nitrogen and oxygen atoms in total. The van der Waals surface area contributed by atoms with E-state index in [1.807, 2.05) is 0 Å². The minimum Gasteiger partial charge on any atom is -0.399 e. The number of likely N-dealkylation sites (tertiary alicyclic amines) is 1. The molecule has 1 saturated heterocycles. The fourth-order valence-electron chi connectivity index (χ4n) is 3.92. The summed E-state index contributed by atoms with van der Waals surface area (Å²) < 4.78 is 0. The normalized spacial score (nSPS) is 25.7. The molecule has 2 aliphatic rings. The highest BCUT2D eigenvalue weighted by Crippen LogP contribution is 2.45. The van der Waals surface area contributed by atoms with Gasteiger partial charge in [0.1, 0.15) is 0 Å². The molecule has 0 amide bonds.